The lowest BCUT2D eigenvalue weighted by molar-refractivity contribution is -0.116. The number of hydrogen-bond donors (Lipinski definition) is 2. The van der Waals surface area contributed by atoms with Crippen molar-refractivity contribution in [2.75, 3.05) is 41.8 Å². The smallest absolute Gasteiger partial charge is 0.244 e. The van der Waals surface area contributed by atoms with E-state index in [9.17, 15) is 4.79 Å². The van der Waals surface area contributed by atoms with Crippen molar-refractivity contribution in [3.63, 3.8) is 0 Å². The topological polar surface area (TPSA) is 84.3 Å². The first-order valence-electron chi connectivity index (χ1n) is 11.0. The Morgan fingerprint density at radius 3 is 2.58 bits per heavy atom. The highest BCUT2D eigenvalue weighted by atomic mass is 16.5. The number of hydrogen-bond acceptors (Lipinski definition) is 6. The summed E-state index contributed by atoms with van der Waals surface area (Å²) in [7, 11) is 0. The van der Waals surface area contributed by atoms with Gasteiger partial charge in [-0.05, 0) is 48.7 Å². The number of benzene rings is 2. The third-order valence-corrected chi connectivity index (χ3v) is 5.59. The molecule has 3 heterocycles. The first-order valence-corrected chi connectivity index (χ1v) is 11.0. The van der Waals surface area contributed by atoms with E-state index >= 15 is 0 Å². The minimum Gasteiger partial charge on any atom is -0.378 e. The molecular weight excluding hydrogens is 416 g/mol. The van der Waals surface area contributed by atoms with Crippen LogP contribution in [0.15, 0.2) is 66.9 Å². The van der Waals surface area contributed by atoms with Gasteiger partial charge in [-0.15, -0.1) is 0 Å². The van der Waals surface area contributed by atoms with E-state index in [-0.39, 0.29) is 12.5 Å². The average molecular weight is 443 g/mol. The molecule has 0 spiro atoms. The third kappa shape index (κ3) is 4.96. The lowest BCUT2D eigenvalue weighted by Gasteiger charge is -2.28. The van der Waals surface area contributed by atoms with E-state index in [1.54, 1.807) is 0 Å². The van der Waals surface area contributed by atoms with E-state index in [2.05, 4.69) is 25.5 Å². The predicted molar refractivity (Wildman–Crippen MR) is 130 cm³/mol. The predicted octanol–water partition coefficient (Wildman–Crippen LogP) is 3.96. The molecule has 8 nitrogen and oxygen atoms in total. The Hall–Kier alpha value is -3.91. The van der Waals surface area contributed by atoms with Crippen molar-refractivity contribution in [3.05, 3.63) is 72.7 Å². The summed E-state index contributed by atoms with van der Waals surface area (Å²) < 4.78 is 7.38. The average Bonchev–Trinajstić information content (AvgIpc) is 3.23. The van der Waals surface area contributed by atoms with Crippen LogP contribution in [0.2, 0.25) is 0 Å². The molecule has 1 saturated heterocycles. The van der Waals surface area contributed by atoms with E-state index in [1.807, 2.05) is 78.4 Å². The fraction of sp³-hybridized carbons (Fsp3) is 0.240. The Balaban J connectivity index is 1.22. The van der Waals surface area contributed by atoms with E-state index in [0.29, 0.717) is 19.0 Å². The van der Waals surface area contributed by atoms with Crippen molar-refractivity contribution in [2.45, 2.75) is 13.5 Å². The number of fused-ring (bicyclic) bond motifs is 1. The molecule has 0 atom stereocenters. The summed E-state index contributed by atoms with van der Waals surface area (Å²) in [4.78, 5) is 23.8. The Bertz CT molecular complexity index is 1260. The van der Waals surface area contributed by atoms with Crippen molar-refractivity contribution in [1.82, 2.24) is 14.5 Å². The monoisotopic (exact) mass is 442 g/mol. The Morgan fingerprint density at radius 2 is 1.76 bits per heavy atom. The Morgan fingerprint density at radius 1 is 1.00 bits per heavy atom. The van der Waals surface area contributed by atoms with Gasteiger partial charge in [0.15, 0.2) is 0 Å². The molecule has 1 amide bonds. The van der Waals surface area contributed by atoms with Gasteiger partial charge in [0.1, 0.15) is 24.0 Å². The molecule has 0 aliphatic carbocycles. The van der Waals surface area contributed by atoms with Gasteiger partial charge in [0, 0.05) is 42.2 Å². The Kier molecular flexibility index (Phi) is 5.91. The molecule has 8 heteroatoms. The second-order valence-electron chi connectivity index (χ2n) is 8.01. The van der Waals surface area contributed by atoms with Gasteiger partial charge in [-0.25, -0.2) is 9.97 Å². The van der Waals surface area contributed by atoms with Gasteiger partial charge < -0.3 is 24.8 Å². The summed E-state index contributed by atoms with van der Waals surface area (Å²) in [5.41, 5.74) is 2.68. The van der Waals surface area contributed by atoms with Crippen molar-refractivity contribution in [3.8, 4) is 0 Å². The number of aryl methyl sites for hydroxylation is 1. The van der Waals surface area contributed by atoms with Crippen LogP contribution in [0.3, 0.4) is 0 Å². The van der Waals surface area contributed by atoms with Crippen molar-refractivity contribution >= 4 is 39.8 Å². The summed E-state index contributed by atoms with van der Waals surface area (Å²) in [6.07, 6.45) is 1.94. The molecule has 0 bridgehead atoms. The molecule has 2 N–H and O–H groups in total. The maximum absolute atomic E-state index is 12.5. The number of carbonyl (C=O) groups excluding carboxylic acids is 1. The zero-order valence-corrected chi connectivity index (χ0v) is 18.5. The standard InChI is InChI=1S/C25H26N6O2/c1-18-26-23(16-24(27-18)30-12-14-33-15-13-30)28-20-6-8-21(9-7-20)29-25(32)17-31-11-10-19-4-2-3-5-22(19)31/h2-11,16H,12-15,17H2,1H3,(H,29,32)(H,26,27,28). The van der Waals surface area contributed by atoms with Crippen molar-refractivity contribution in [1.29, 1.82) is 0 Å². The second-order valence-corrected chi connectivity index (χ2v) is 8.01. The maximum atomic E-state index is 12.5. The summed E-state index contributed by atoms with van der Waals surface area (Å²) in [5, 5.41) is 7.42. The highest BCUT2D eigenvalue weighted by Gasteiger charge is 2.14. The molecule has 1 aliphatic rings. The molecule has 1 aliphatic heterocycles. The van der Waals surface area contributed by atoms with Gasteiger partial charge in [-0.2, -0.15) is 0 Å². The molecule has 4 aromatic rings. The van der Waals surface area contributed by atoms with Crippen LogP contribution in [0.25, 0.3) is 10.9 Å². The molecule has 2 aromatic carbocycles. The number of morpholine rings is 1. The summed E-state index contributed by atoms with van der Waals surface area (Å²) >= 11 is 0. The molecule has 1 fully saturated rings. The van der Waals surface area contributed by atoms with Gasteiger partial charge in [0.25, 0.3) is 0 Å². The number of aromatic nitrogens is 3. The molecule has 0 saturated carbocycles. The zero-order valence-electron chi connectivity index (χ0n) is 18.5. The van der Waals surface area contributed by atoms with Crippen LogP contribution in [0.1, 0.15) is 5.82 Å². The Labute approximate surface area is 192 Å². The molecular formula is C25H26N6O2. The van der Waals surface area contributed by atoms with E-state index in [1.165, 1.54) is 0 Å². The van der Waals surface area contributed by atoms with Crippen LogP contribution < -0.4 is 15.5 Å². The first-order chi connectivity index (χ1) is 16.1. The van der Waals surface area contributed by atoms with Gasteiger partial charge in [0.05, 0.1) is 13.2 Å². The summed E-state index contributed by atoms with van der Waals surface area (Å²) in [6, 6.07) is 19.6. The van der Waals surface area contributed by atoms with Crippen LogP contribution in [-0.2, 0) is 16.1 Å². The second kappa shape index (κ2) is 9.30. The molecule has 5 rings (SSSR count). The van der Waals surface area contributed by atoms with Gasteiger partial charge >= 0.3 is 0 Å². The molecule has 2 aromatic heterocycles. The van der Waals surface area contributed by atoms with Gasteiger partial charge in [0.2, 0.25) is 5.91 Å². The number of nitrogens with zero attached hydrogens (tertiary/aromatic N) is 4. The molecule has 168 valence electrons. The van der Waals surface area contributed by atoms with Crippen LogP contribution in [0, 0.1) is 6.92 Å². The lowest BCUT2D eigenvalue weighted by atomic mass is 10.2. The van der Waals surface area contributed by atoms with Crippen LogP contribution in [0.4, 0.5) is 23.0 Å². The van der Waals surface area contributed by atoms with Crippen LogP contribution in [-0.4, -0.2) is 46.7 Å². The summed E-state index contributed by atoms with van der Waals surface area (Å²) in [6.45, 7) is 5.21. The van der Waals surface area contributed by atoms with Gasteiger partial charge in [-0.3, -0.25) is 4.79 Å². The van der Waals surface area contributed by atoms with Crippen LogP contribution >= 0.6 is 0 Å². The number of para-hydroxylation sites is 1. The maximum Gasteiger partial charge on any atom is 0.244 e. The number of ether oxygens (including phenoxy) is 1. The number of rotatable bonds is 6. The molecule has 0 radical (unpaired) electrons. The largest absolute Gasteiger partial charge is 0.378 e. The molecule has 33 heavy (non-hydrogen) atoms. The fourth-order valence-electron chi connectivity index (χ4n) is 3.99. The third-order valence-electron chi connectivity index (χ3n) is 5.59. The zero-order chi connectivity index (χ0) is 22.6. The quantitative estimate of drug-likeness (QED) is 0.470. The number of carbonyl (C=O) groups is 1. The van der Waals surface area contributed by atoms with Crippen LogP contribution in [0.5, 0.6) is 0 Å². The number of amides is 1. The fourth-order valence-corrected chi connectivity index (χ4v) is 3.99. The molecule has 0 unspecified atom stereocenters. The van der Waals surface area contributed by atoms with Gasteiger partial charge in [-0.1, -0.05) is 18.2 Å². The highest BCUT2D eigenvalue weighted by molar-refractivity contribution is 5.92. The SMILES string of the molecule is Cc1nc(Nc2ccc(NC(=O)Cn3ccc4ccccc43)cc2)cc(N2CCOCC2)n1. The lowest BCUT2D eigenvalue weighted by Crippen LogP contribution is -2.36. The van der Waals surface area contributed by atoms with Crippen molar-refractivity contribution < 1.29 is 9.53 Å². The van der Waals surface area contributed by atoms with E-state index in [4.69, 9.17) is 4.74 Å². The minimum atomic E-state index is -0.0707. The van der Waals surface area contributed by atoms with Crippen molar-refractivity contribution in [2.24, 2.45) is 0 Å². The van der Waals surface area contributed by atoms with E-state index < -0.39 is 0 Å². The first kappa shape index (κ1) is 21.0. The number of nitrogens with one attached hydrogen (secondary N) is 2. The summed E-state index contributed by atoms with van der Waals surface area (Å²) in [5.74, 6) is 2.27. The minimum absolute atomic E-state index is 0.0707. The van der Waals surface area contributed by atoms with E-state index in [0.717, 1.165) is 47.0 Å². The number of anilines is 4. The normalized spacial score (nSPS) is 13.8. The highest BCUT2D eigenvalue weighted by Crippen LogP contribution is 2.22.